The maximum absolute atomic E-state index is 12.9. The highest BCUT2D eigenvalue weighted by Gasteiger charge is 2.34. The van der Waals surface area contributed by atoms with Crippen molar-refractivity contribution in [2.75, 3.05) is 13.6 Å². The molecule has 1 aliphatic carbocycles. The van der Waals surface area contributed by atoms with Gasteiger partial charge < -0.3 is 10.2 Å². The van der Waals surface area contributed by atoms with Gasteiger partial charge >= 0.3 is 0 Å². The van der Waals surface area contributed by atoms with Gasteiger partial charge in [-0.3, -0.25) is 4.79 Å². The number of nitrogens with zero attached hydrogens (tertiary/aromatic N) is 1. The minimum atomic E-state index is -0.239. The maximum atomic E-state index is 12.9. The minimum absolute atomic E-state index is 0. The van der Waals surface area contributed by atoms with E-state index in [-0.39, 0.29) is 30.0 Å². The van der Waals surface area contributed by atoms with E-state index in [1.165, 1.54) is 12.1 Å². The first-order valence-corrected chi connectivity index (χ1v) is 6.81. The third kappa shape index (κ3) is 4.46. The molecule has 20 heavy (non-hydrogen) atoms. The Labute approximate surface area is 125 Å². The highest BCUT2D eigenvalue weighted by Crippen LogP contribution is 2.29. The smallest absolute Gasteiger partial charge is 0.227 e. The van der Waals surface area contributed by atoms with Gasteiger partial charge in [-0.15, -0.1) is 12.4 Å². The van der Waals surface area contributed by atoms with Gasteiger partial charge in [-0.2, -0.15) is 0 Å². The fourth-order valence-corrected chi connectivity index (χ4v) is 2.24. The zero-order valence-corrected chi connectivity index (χ0v) is 12.8. The highest BCUT2D eigenvalue weighted by atomic mass is 35.5. The number of nitrogens with one attached hydrogen (secondary N) is 1. The van der Waals surface area contributed by atoms with E-state index in [0.29, 0.717) is 19.1 Å². The summed E-state index contributed by atoms with van der Waals surface area (Å²) in [6.07, 6.45) is 2.17. The van der Waals surface area contributed by atoms with Gasteiger partial charge in [-0.1, -0.05) is 19.1 Å². The van der Waals surface area contributed by atoms with E-state index < -0.39 is 0 Å². The van der Waals surface area contributed by atoms with E-state index in [9.17, 15) is 9.18 Å². The molecule has 0 saturated heterocycles. The van der Waals surface area contributed by atoms with E-state index in [1.54, 1.807) is 12.1 Å². The number of rotatable bonds is 6. The van der Waals surface area contributed by atoms with E-state index in [2.05, 4.69) is 5.32 Å². The SMILES string of the molecule is CNCC(C)C(=O)N(Cc1ccc(F)cc1)C1CC1.Cl. The topological polar surface area (TPSA) is 32.3 Å². The van der Waals surface area contributed by atoms with Crippen molar-refractivity contribution in [3.05, 3.63) is 35.6 Å². The normalized spacial score (nSPS) is 15.3. The molecule has 0 bridgehead atoms. The van der Waals surface area contributed by atoms with Gasteiger partial charge in [0.25, 0.3) is 0 Å². The minimum Gasteiger partial charge on any atom is -0.335 e. The lowest BCUT2D eigenvalue weighted by Gasteiger charge is -2.26. The number of halogens is 2. The molecule has 0 aromatic heterocycles. The summed E-state index contributed by atoms with van der Waals surface area (Å²) in [5.74, 6) is -0.0798. The summed E-state index contributed by atoms with van der Waals surface area (Å²) in [6, 6.07) is 6.77. The van der Waals surface area contributed by atoms with Crippen LogP contribution in [0.25, 0.3) is 0 Å². The molecule has 0 radical (unpaired) electrons. The van der Waals surface area contributed by atoms with Crippen LogP contribution in [0.1, 0.15) is 25.3 Å². The van der Waals surface area contributed by atoms with Crippen LogP contribution < -0.4 is 5.32 Å². The molecule has 1 atom stereocenters. The van der Waals surface area contributed by atoms with Crippen molar-refractivity contribution in [1.29, 1.82) is 0 Å². The zero-order valence-electron chi connectivity index (χ0n) is 11.9. The van der Waals surface area contributed by atoms with Gasteiger partial charge in [0.2, 0.25) is 5.91 Å². The van der Waals surface area contributed by atoms with Gasteiger partial charge in [0.05, 0.1) is 0 Å². The first kappa shape index (κ1) is 16.9. The lowest BCUT2D eigenvalue weighted by molar-refractivity contribution is -0.136. The summed E-state index contributed by atoms with van der Waals surface area (Å²) in [4.78, 5) is 14.3. The van der Waals surface area contributed by atoms with Crippen molar-refractivity contribution in [2.45, 2.75) is 32.4 Å². The number of amides is 1. The van der Waals surface area contributed by atoms with Crippen LogP contribution in [0.4, 0.5) is 4.39 Å². The Kier molecular flexibility index (Phi) is 6.43. The van der Waals surface area contributed by atoms with E-state index in [4.69, 9.17) is 0 Å². The second kappa shape index (κ2) is 7.60. The average Bonchev–Trinajstić information content (AvgIpc) is 3.22. The fraction of sp³-hybridized carbons (Fsp3) is 0.533. The maximum Gasteiger partial charge on any atom is 0.227 e. The zero-order chi connectivity index (χ0) is 13.8. The molecule has 0 aliphatic heterocycles. The molecular weight excluding hydrogens is 279 g/mol. The molecule has 3 nitrogen and oxygen atoms in total. The molecule has 0 spiro atoms. The molecule has 1 amide bonds. The molecule has 1 fully saturated rings. The summed E-state index contributed by atoms with van der Waals surface area (Å²) in [6.45, 7) is 3.21. The molecule has 1 aromatic carbocycles. The lowest BCUT2D eigenvalue weighted by Crippen LogP contribution is -2.39. The molecule has 112 valence electrons. The van der Waals surface area contributed by atoms with E-state index in [0.717, 1.165) is 18.4 Å². The standard InChI is InChI=1S/C15H21FN2O.ClH/c1-11(9-17-2)15(19)18(14-7-8-14)10-12-3-5-13(16)6-4-12;/h3-6,11,14,17H,7-10H2,1-2H3;1H. The van der Waals surface area contributed by atoms with Gasteiger partial charge in [0, 0.05) is 25.0 Å². The monoisotopic (exact) mass is 300 g/mol. The Morgan fingerprint density at radius 3 is 2.50 bits per heavy atom. The third-order valence-electron chi connectivity index (χ3n) is 3.47. The van der Waals surface area contributed by atoms with Crippen LogP contribution in [0.2, 0.25) is 0 Å². The molecule has 0 heterocycles. The van der Waals surface area contributed by atoms with Crippen molar-refractivity contribution in [2.24, 2.45) is 5.92 Å². The summed E-state index contributed by atoms with van der Waals surface area (Å²) in [5, 5.41) is 3.04. The summed E-state index contributed by atoms with van der Waals surface area (Å²) in [5.41, 5.74) is 0.985. The molecule has 1 unspecified atom stereocenters. The first-order valence-electron chi connectivity index (χ1n) is 6.81. The van der Waals surface area contributed by atoms with Crippen LogP contribution in [0.5, 0.6) is 0 Å². The number of hydrogen-bond donors (Lipinski definition) is 1. The van der Waals surface area contributed by atoms with Crippen LogP contribution in [0, 0.1) is 11.7 Å². The molecular formula is C15H22ClFN2O. The van der Waals surface area contributed by atoms with Crippen molar-refractivity contribution < 1.29 is 9.18 Å². The second-order valence-electron chi connectivity index (χ2n) is 5.28. The van der Waals surface area contributed by atoms with Gasteiger partial charge in [-0.25, -0.2) is 4.39 Å². The van der Waals surface area contributed by atoms with Crippen molar-refractivity contribution in [3.63, 3.8) is 0 Å². The number of hydrogen-bond acceptors (Lipinski definition) is 2. The molecule has 1 aliphatic rings. The second-order valence-corrected chi connectivity index (χ2v) is 5.28. The van der Waals surface area contributed by atoms with Gasteiger partial charge in [0.15, 0.2) is 0 Å². The highest BCUT2D eigenvalue weighted by molar-refractivity contribution is 5.85. The summed E-state index contributed by atoms with van der Waals surface area (Å²) in [7, 11) is 1.85. The molecule has 1 aromatic rings. The first-order chi connectivity index (χ1) is 9.11. The van der Waals surface area contributed by atoms with Crippen LogP contribution in [-0.4, -0.2) is 30.4 Å². The molecule has 1 saturated carbocycles. The molecule has 2 rings (SSSR count). The Morgan fingerprint density at radius 2 is 2.00 bits per heavy atom. The summed E-state index contributed by atoms with van der Waals surface area (Å²) < 4.78 is 12.9. The van der Waals surface area contributed by atoms with Crippen LogP contribution in [0.15, 0.2) is 24.3 Å². The average molecular weight is 301 g/mol. The van der Waals surface area contributed by atoms with Crippen molar-refractivity contribution in [1.82, 2.24) is 10.2 Å². The van der Waals surface area contributed by atoms with Gasteiger partial charge in [0.1, 0.15) is 5.82 Å². The number of carbonyl (C=O) groups excluding carboxylic acids is 1. The van der Waals surface area contributed by atoms with E-state index >= 15 is 0 Å². The number of benzene rings is 1. The number of carbonyl (C=O) groups is 1. The van der Waals surface area contributed by atoms with Crippen molar-refractivity contribution >= 4 is 18.3 Å². The Bertz CT molecular complexity index is 434. The lowest BCUT2D eigenvalue weighted by atomic mass is 10.1. The predicted octanol–water partition coefficient (Wildman–Crippen LogP) is 2.59. The third-order valence-corrected chi connectivity index (χ3v) is 3.47. The molecule has 5 heteroatoms. The largest absolute Gasteiger partial charge is 0.335 e. The molecule has 1 N–H and O–H groups in total. The Balaban J connectivity index is 0.00000200. The van der Waals surface area contributed by atoms with Crippen LogP contribution >= 0.6 is 12.4 Å². The Hall–Kier alpha value is -1.13. The predicted molar refractivity (Wildman–Crippen MR) is 80.3 cm³/mol. The van der Waals surface area contributed by atoms with E-state index in [1.807, 2.05) is 18.9 Å². The van der Waals surface area contributed by atoms with Gasteiger partial charge in [-0.05, 0) is 37.6 Å². The summed E-state index contributed by atoms with van der Waals surface area (Å²) >= 11 is 0. The van der Waals surface area contributed by atoms with Crippen LogP contribution in [0.3, 0.4) is 0 Å². The quantitative estimate of drug-likeness (QED) is 0.876. The Morgan fingerprint density at radius 1 is 1.40 bits per heavy atom. The van der Waals surface area contributed by atoms with Crippen molar-refractivity contribution in [3.8, 4) is 0 Å². The fourth-order valence-electron chi connectivity index (χ4n) is 2.24. The van der Waals surface area contributed by atoms with Crippen LogP contribution in [-0.2, 0) is 11.3 Å².